The maximum atomic E-state index is 10.5. The number of unbranched alkanes of at least 4 members (excludes halogenated alkanes) is 1. The fourth-order valence-corrected chi connectivity index (χ4v) is 0.966. The fraction of sp³-hybridized carbons (Fsp3) is 0.364. The molecule has 0 unspecified atom stereocenters. The van der Waals surface area contributed by atoms with E-state index in [1.807, 2.05) is 0 Å². The number of benzene rings is 1. The van der Waals surface area contributed by atoms with Crippen LogP contribution in [-0.2, 0) is 4.89 Å². The lowest BCUT2D eigenvalue weighted by atomic mass is 10.2. The van der Waals surface area contributed by atoms with Crippen molar-refractivity contribution in [3.8, 4) is 5.75 Å². The molecule has 0 saturated heterocycles. The molecule has 15 heavy (non-hydrogen) atoms. The van der Waals surface area contributed by atoms with Gasteiger partial charge in [0.2, 0.25) is 0 Å². The molecule has 0 bridgehead atoms. The van der Waals surface area contributed by atoms with Gasteiger partial charge in [-0.3, -0.25) is 0 Å². The number of hydrogen-bond donors (Lipinski definition) is 1. The van der Waals surface area contributed by atoms with Crippen molar-refractivity contribution >= 4 is 5.97 Å². The third-order valence-electron chi connectivity index (χ3n) is 1.84. The molecule has 1 N–H and O–H groups in total. The summed E-state index contributed by atoms with van der Waals surface area (Å²) in [6.07, 6.45) is 1.98. The molecule has 4 heteroatoms. The molecule has 82 valence electrons. The maximum absolute atomic E-state index is 10.5. The van der Waals surface area contributed by atoms with Gasteiger partial charge in [-0.2, -0.15) is 4.89 Å². The predicted octanol–water partition coefficient (Wildman–Crippen LogP) is 2.50. The average Bonchev–Trinajstić information content (AvgIpc) is 2.25. The van der Waals surface area contributed by atoms with E-state index in [-0.39, 0.29) is 5.56 Å². The third-order valence-corrected chi connectivity index (χ3v) is 1.84. The number of aromatic carboxylic acids is 1. The monoisotopic (exact) mass is 210 g/mol. The van der Waals surface area contributed by atoms with Crippen LogP contribution in [0.2, 0.25) is 0 Å². The van der Waals surface area contributed by atoms with E-state index < -0.39 is 5.97 Å². The van der Waals surface area contributed by atoms with Crippen LogP contribution in [0.3, 0.4) is 0 Å². The molecule has 0 saturated carbocycles. The summed E-state index contributed by atoms with van der Waals surface area (Å²) in [5.41, 5.74) is 0.232. The molecule has 1 rings (SSSR count). The Morgan fingerprint density at radius 1 is 1.33 bits per heavy atom. The first-order valence-electron chi connectivity index (χ1n) is 4.87. The summed E-state index contributed by atoms with van der Waals surface area (Å²) in [5, 5.41) is 8.65. The summed E-state index contributed by atoms with van der Waals surface area (Å²) >= 11 is 0. The van der Waals surface area contributed by atoms with Crippen molar-refractivity contribution in [2.45, 2.75) is 19.8 Å². The zero-order valence-corrected chi connectivity index (χ0v) is 8.60. The number of carboxylic acids is 1. The molecular formula is C11H14O4. The molecule has 0 radical (unpaired) electrons. The molecule has 0 spiro atoms. The molecule has 0 heterocycles. The van der Waals surface area contributed by atoms with Crippen molar-refractivity contribution in [2.75, 3.05) is 6.61 Å². The smallest absolute Gasteiger partial charge is 0.335 e. The van der Waals surface area contributed by atoms with Crippen molar-refractivity contribution in [1.82, 2.24) is 0 Å². The van der Waals surface area contributed by atoms with E-state index in [1.54, 1.807) is 12.1 Å². The maximum Gasteiger partial charge on any atom is 0.335 e. The summed E-state index contributed by atoms with van der Waals surface area (Å²) < 4.78 is 0. The van der Waals surface area contributed by atoms with E-state index in [9.17, 15) is 4.79 Å². The van der Waals surface area contributed by atoms with Crippen molar-refractivity contribution in [1.29, 1.82) is 0 Å². The second kappa shape index (κ2) is 6.03. The molecule has 0 aromatic heterocycles. The Bertz CT molecular complexity index is 305. The van der Waals surface area contributed by atoms with Gasteiger partial charge >= 0.3 is 5.97 Å². The standard InChI is InChI=1S/C11H14O4/c1-2-3-8-14-15-10-6-4-9(5-7-10)11(12)13/h4-7H,2-3,8H2,1H3,(H,12,13). The summed E-state index contributed by atoms with van der Waals surface area (Å²) in [5.74, 6) is -0.440. The van der Waals surface area contributed by atoms with Gasteiger partial charge in [0.1, 0.15) is 0 Å². The first kappa shape index (κ1) is 11.5. The zero-order valence-electron chi connectivity index (χ0n) is 8.60. The predicted molar refractivity (Wildman–Crippen MR) is 54.9 cm³/mol. The Hall–Kier alpha value is -1.55. The van der Waals surface area contributed by atoms with Gasteiger partial charge in [-0.1, -0.05) is 13.3 Å². The molecule has 0 aliphatic rings. The van der Waals surface area contributed by atoms with E-state index in [0.29, 0.717) is 12.4 Å². The number of hydrogen-bond acceptors (Lipinski definition) is 3. The first-order valence-corrected chi connectivity index (χ1v) is 4.87. The van der Waals surface area contributed by atoms with Crippen LogP contribution in [0.1, 0.15) is 30.1 Å². The molecule has 1 aromatic rings. The quantitative estimate of drug-likeness (QED) is 0.445. The summed E-state index contributed by atoms with van der Waals surface area (Å²) in [6, 6.07) is 6.08. The average molecular weight is 210 g/mol. The van der Waals surface area contributed by atoms with E-state index in [1.165, 1.54) is 12.1 Å². The van der Waals surface area contributed by atoms with Crippen LogP contribution in [0.5, 0.6) is 5.75 Å². The summed E-state index contributed by atoms with van der Waals surface area (Å²) in [6.45, 7) is 2.60. The second-order valence-electron chi connectivity index (χ2n) is 3.09. The second-order valence-corrected chi connectivity index (χ2v) is 3.09. The molecule has 0 atom stereocenters. The Balaban J connectivity index is 2.39. The highest BCUT2D eigenvalue weighted by molar-refractivity contribution is 5.87. The Kier molecular flexibility index (Phi) is 4.63. The van der Waals surface area contributed by atoms with E-state index in [0.717, 1.165) is 12.8 Å². The van der Waals surface area contributed by atoms with Crippen LogP contribution in [0.25, 0.3) is 0 Å². The largest absolute Gasteiger partial charge is 0.478 e. The molecular weight excluding hydrogens is 196 g/mol. The Morgan fingerprint density at radius 3 is 2.53 bits per heavy atom. The minimum absolute atomic E-state index is 0.232. The molecule has 4 nitrogen and oxygen atoms in total. The fourth-order valence-electron chi connectivity index (χ4n) is 0.966. The van der Waals surface area contributed by atoms with Crippen molar-refractivity contribution < 1.29 is 19.7 Å². The molecule has 0 amide bonds. The number of carboxylic acid groups (broad SMARTS) is 1. The SMILES string of the molecule is CCCCOOc1ccc(C(=O)O)cc1. The minimum atomic E-state index is -0.951. The van der Waals surface area contributed by atoms with E-state index in [2.05, 4.69) is 6.92 Å². The normalized spacial score (nSPS) is 9.93. The highest BCUT2D eigenvalue weighted by Crippen LogP contribution is 2.12. The number of carbonyl (C=O) groups is 1. The van der Waals surface area contributed by atoms with Crippen molar-refractivity contribution in [2.24, 2.45) is 0 Å². The third kappa shape index (κ3) is 3.99. The lowest BCUT2D eigenvalue weighted by Gasteiger charge is -2.04. The summed E-state index contributed by atoms with van der Waals surface area (Å²) in [4.78, 5) is 20.4. The van der Waals surface area contributed by atoms with Gasteiger partial charge in [0.25, 0.3) is 0 Å². The van der Waals surface area contributed by atoms with Gasteiger partial charge in [0.05, 0.1) is 12.2 Å². The highest BCUT2D eigenvalue weighted by atomic mass is 17.2. The van der Waals surface area contributed by atoms with Crippen LogP contribution < -0.4 is 4.89 Å². The lowest BCUT2D eigenvalue weighted by Crippen LogP contribution is -2.00. The zero-order chi connectivity index (χ0) is 11.1. The molecule has 1 aromatic carbocycles. The van der Waals surface area contributed by atoms with Gasteiger partial charge in [-0.15, -0.1) is 0 Å². The summed E-state index contributed by atoms with van der Waals surface area (Å²) in [7, 11) is 0. The van der Waals surface area contributed by atoms with Crippen LogP contribution in [0.15, 0.2) is 24.3 Å². The van der Waals surface area contributed by atoms with Crippen LogP contribution in [0, 0.1) is 0 Å². The first-order chi connectivity index (χ1) is 7.24. The lowest BCUT2D eigenvalue weighted by molar-refractivity contribution is -0.207. The van der Waals surface area contributed by atoms with E-state index >= 15 is 0 Å². The minimum Gasteiger partial charge on any atom is -0.478 e. The molecule has 0 aliphatic heterocycles. The van der Waals surface area contributed by atoms with Gasteiger partial charge in [-0.05, 0) is 30.7 Å². The van der Waals surface area contributed by atoms with Gasteiger partial charge in [-0.25, -0.2) is 4.79 Å². The Morgan fingerprint density at radius 2 is 2.00 bits per heavy atom. The van der Waals surface area contributed by atoms with Crippen molar-refractivity contribution in [3.63, 3.8) is 0 Å². The Labute approximate surface area is 88.4 Å². The highest BCUT2D eigenvalue weighted by Gasteiger charge is 2.02. The molecule has 0 fully saturated rings. The molecule has 0 aliphatic carbocycles. The van der Waals surface area contributed by atoms with Gasteiger partial charge in [0, 0.05) is 0 Å². The van der Waals surface area contributed by atoms with Crippen LogP contribution in [0.4, 0.5) is 0 Å². The van der Waals surface area contributed by atoms with E-state index in [4.69, 9.17) is 14.9 Å². The topological polar surface area (TPSA) is 55.8 Å². The van der Waals surface area contributed by atoms with Crippen LogP contribution in [-0.4, -0.2) is 17.7 Å². The van der Waals surface area contributed by atoms with Crippen molar-refractivity contribution in [3.05, 3.63) is 29.8 Å². The van der Waals surface area contributed by atoms with Gasteiger partial charge < -0.3 is 9.99 Å². The number of rotatable bonds is 6. The van der Waals surface area contributed by atoms with Gasteiger partial charge in [0.15, 0.2) is 5.75 Å². The van der Waals surface area contributed by atoms with Crippen LogP contribution >= 0.6 is 0 Å².